The summed E-state index contributed by atoms with van der Waals surface area (Å²) in [5.74, 6) is 0.954. The van der Waals surface area contributed by atoms with Crippen LogP contribution in [0.5, 0.6) is 0 Å². The highest BCUT2D eigenvalue weighted by Gasteiger charge is 2.14. The Kier molecular flexibility index (Phi) is 4.74. The SMILES string of the molecule is N=C(c1ccc(N2CCCCC2)nc1)c1cc(NC=O)ccc1N. The summed E-state index contributed by atoms with van der Waals surface area (Å²) in [5, 5.41) is 11.0. The summed E-state index contributed by atoms with van der Waals surface area (Å²) in [6.45, 7) is 2.08. The van der Waals surface area contributed by atoms with E-state index in [1.807, 2.05) is 12.1 Å². The van der Waals surface area contributed by atoms with E-state index in [-0.39, 0.29) is 0 Å². The van der Waals surface area contributed by atoms with E-state index in [4.69, 9.17) is 11.1 Å². The minimum atomic E-state index is 0.291. The largest absolute Gasteiger partial charge is 0.398 e. The molecule has 1 saturated heterocycles. The van der Waals surface area contributed by atoms with E-state index in [0.717, 1.165) is 18.9 Å². The number of nitrogens with zero attached hydrogens (tertiary/aromatic N) is 2. The maximum atomic E-state index is 10.6. The van der Waals surface area contributed by atoms with Gasteiger partial charge in [-0.3, -0.25) is 10.2 Å². The van der Waals surface area contributed by atoms with Gasteiger partial charge in [0.15, 0.2) is 0 Å². The molecule has 0 unspecified atom stereocenters. The van der Waals surface area contributed by atoms with Crippen molar-refractivity contribution in [1.82, 2.24) is 4.98 Å². The quantitative estimate of drug-likeness (QED) is 0.448. The zero-order valence-corrected chi connectivity index (χ0v) is 13.5. The van der Waals surface area contributed by atoms with Crippen molar-refractivity contribution < 1.29 is 4.79 Å². The van der Waals surface area contributed by atoms with Crippen LogP contribution in [0.2, 0.25) is 0 Å². The van der Waals surface area contributed by atoms with Gasteiger partial charge in [0.25, 0.3) is 0 Å². The number of nitrogens with two attached hydrogens (primary N) is 1. The van der Waals surface area contributed by atoms with Crippen molar-refractivity contribution >= 4 is 29.3 Å². The molecule has 124 valence electrons. The molecule has 0 spiro atoms. The van der Waals surface area contributed by atoms with Gasteiger partial charge in [0.1, 0.15) is 5.82 Å². The topological polar surface area (TPSA) is 95.1 Å². The number of hydrogen-bond donors (Lipinski definition) is 3. The van der Waals surface area contributed by atoms with Crippen molar-refractivity contribution in [2.24, 2.45) is 0 Å². The van der Waals surface area contributed by atoms with E-state index in [1.165, 1.54) is 19.3 Å². The first-order valence-corrected chi connectivity index (χ1v) is 8.09. The van der Waals surface area contributed by atoms with E-state index in [0.29, 0.717) is 34.6 Å². The number of carbonyl (C=O) groups is 1. The van der Waals surface area contributed by atoms with Gasteiger partial charge < -0.3 is 16.0 Å². The van der Waals surface area contributed by atoms with Crippen LogP contribution in [0.4, 0.5) is 17.2 Å². The fourth-order valence-corrected chi connectivity index (χ4v) is 2.93. The van der Waals surface area contributed by atoms with Crippen LogP contribution in [0.25, 0.3) is 0 Å². The van der Waals surface area contributed by atoms with Crippen molar-refractivity contribution in [3.05, 3.63) is 47.7 Å². The molecule has 0 aliphatic carbocycles. The summed E-state index contributed by atoms with van der Waals surface area (Å²) in [4.78, 5) is 17.4. The highest BCUT2D eigenvalue weighted by Crippen LogP contribution is 2.22. The Morgan fingerprint density at radius 2 is 2.00 bits per heavy atom. The number of hydrogen-bond acceptors (Lipinski definition) is 5. The van der Waals surface area contributed by atoms with E-state index in [9.17, 15) is 4.79 Å². The smallest absolute Gasteiger partial charge is 0.211 e. The zero-order valence-electron chi connectivity index (χ0n) is 13.5. The van der Waals surface area contributed by atoms with E-state index in [1.54, 1.807) is 24.4 Å². The average molecular weight is 323 g/mol. The number of rotatable bonds is 5. The summed E-state index contributed by atoms with van der Waals surface area (Å²) < 4.78 is 0. The van der Waals surface area contributed by atoms with Crippen molar-refractivity contribution in [2.45, 2.75) is 19.3 Å². The van der Waals surface area contributed by atoms with Gasteiger partial charge in [-0.15, -0.1) is 0 Å². The van der Waals surface area contributed by atoms with Gasteiger partial charge in [0.05, 0.1) is 5.71 Å². The third kappa shape index (κ3) is 3.37. The van der Waals surface area contributed by atoms with Crippen LogP contribution in [0, 0.1) is 5.41 Å². The Balaban J connectivity index is 1.82. The first kappa shape index (κ1) is 16.0. The Morgan fingerprint density at radius 3 is 2.67 bits per heavy atom. The fourth-order valence-electron chi connectivity index (χ4n) is 2.93. The van der Waals surface area contributed by atoms with Crippen molar-refractivity contribution in [1.29, 1.82) is 5.41 Å². The van der Waals surface area contributed by atoms with Crippen LogP contribution in [-0.2, 0) is 4.79 Å². The number of benzene rings is 1. The first-order chi connectivity index (χ1) is 11.7. The molecule has 6 heteroatoms. The fraction of sp³-hybridized carbons (Fsp3) is 0.278. The Bertz CT molecular complexity index is 736. The second kappa shape index (κ2) is 7.12. The molecule has 1 aliphatic rings. The Labute approximate surface area is 141 Å². The molecule has 0 bridgehead atoms. The predicted octanol–water partition coefficient (Wildman–Crippen LogP) is 2.64. The molecule has 24 heavy (non-hydrogen) atoms. The number of amides is 1. The minimum absolute atomic E-state index is 0.291. The van der Waals surface area contributed by atoms with E-state index in [2.05, 4.69) is 15.2 Å². The third-order valence-electron chi connectivity index (χ3n) is 4.26. The Morgan fingerprint density at radius 1 is 1.21 bits per heavy atom. The predicted molar refractivity (Wildman–Crippen MR) is 96.8 cm³/mol. The summed E-state index contributed by atoms with van der Waals surface area (Å²) >= 11 is 0. The molecule has 1 fully saturated rings. The summed E-state index contributed by atoms with van der Waals surface area (Å²) in [6, 6.07) is 8.95. The number of carbonyl (C=O) groups excluding carboxylic acids is 1. The summed E-state index contributed by atoms with van der Waals surface area (Å²) in [5.41, 5.74) is 8.66. The number of nitrogens with one attached hydrogen (secondary N) is 2. The van der Waals surface area contributed by atoms with Gasteiger partial charge in [-0.05, 0) is 49.6 Å². The van der Waals surface area contributed by atoms with Crippen LogP contribution < -0.4 is 16.0 Å². The molecular weight excluding hydrogens is 302 g/mol. The molecule has 6 nitrogen and oxygen atoms in total. The molecule has 1 aliphatic heterocycles. The highest BCUT2D eigenvalue weighted by molar-refractivity contribution is 6.14. The van der Waals surface area contributed by atoms with Crippen LogP contribution >= 0.6 is 0 Å². The van der Waals surface area contributed by atoms with Gasteiger partial charge in [-0.1, -0.05) is 0 Å². The normalized spacial score (nSPS) is 14.2. The minimum Gasteiger partial charge on any atom is -0.398 e. The number of anilines is 3. The first-order valence-electron chi connectivity index (χ1n) is 8.09. The van der Waals surface area contributed by atoms with Gasteiger partial charge in [0.2, 0.25) is 6.41 Å². The number of piperidine rings is 1. The summed E-state index contributed by atoms with van der Waals surface area (Å²) in [7, 11) is 0. The highest BCUT2D eigenvalue weighted by atomic mass is 16.1. The van der Waals surface area contributed by atoms with Gasteiger partial charge in [-0.25, -0.2) is 4.98 Å². The van der Waals surface area contributed by atoms with Gasteiger partial charge in [0, 0.05) is 41.8 Å². The number of aromatic nitrogens is 1. The second-order valence-corrected chi connectivity index (χ2v) is 5.89. The van der Waals surface area contributed by atoms with Crippen LogP contribution in [0.1, 0.15) is 30.4 Å². The zero-order chi connectivity index (χ0) is 16.9. The molecule has 0 radical (unpaired) electrons. The lowest BCUT2D eigenvalue weighted by atomic mass is 10.0. The van der Waals surface area contributed by atoms with E-state index < -0.39 is 0 Å². The molecule has 2 heterocycles. The maximum absolute atomic E-state index is 10.6. The molecule has 2 aromatic rings. The maximum Gasteiger partial charge on any atom is 0.211 e. The lowest BCUT2D eigenvalue weighted by Gasteiger charge is -2.27. The molecule has 1 amide bonds. The molecule has 0 atom stereocenters. The van der Waals surface area contributed by atoms with Crippen molar-refractivity contribution in [3.8, 4) is 0 Å². The lowest BCUT2D eigenvalue weighted by Crippen LogP contribution is -2.30. The number of pyridine rings is 1. The lowest BCUT2D eigenvalue weighted by molar-refractivity contribution is -0.105. The molecule has 1 aromatic carbocycles. The monoisotopic (exact) mass is 323 g/mol. The molecule has 4 N–H and O–H groups in total. The molecule has 1 aromatic heterocycles. The number of nitrogen functional groups attached to an aromatic ring is 1. The molecule has 0 saturated carbocycles. The van der Waals surface area contributed by atoms with E-state index >= 15 is 0 Å². The Hall–Kier alpha value is -2.89. The van der Waals surface area contributed by atoms with Gasteiger partial charge >= 0.3 is 0 Å². The van der Waals surface area contributed by atoms with Gasteiger partial charge in [-0.2, -0.15) is 0 Å². The van der Waals surface area contributed by atoms with Crippen molar-refractivity contribution in [3.63, 3.8) is 0 Å². The van der Waals surface area contributed by atoms with Crippen LogP contribution in [0.3, 0.4) is 0 Å². The standard InChI is InChI=1S/C18H21N5O/c19-16-6-5-14(22-12-24)10-15(16)18(20)13-4-7-17(21-11-13)23-8-2-1-3-9-23/h4-7,10-12,20H,1-3,8-9,19H2,(H,22,24). The van der Waals surface area contributed by atoms with Crippen LogP contribution in [0.15, 0.2) is 36.5 Å². The molecular formula is C18H21N5O. The van der Waals surface area contributed by atoms with Crippen molar-refractivity contribution in [2.75, 3.05) is 29.0 Å². The average Bonchev–Trinajstić information content (AvgIpc) is 2.64. The summed E-state index contributed by atoms with van der Waals surface area (Å²) in [6.07, 6.45) is 6.00. The molecule has 3 rings (SSSR count). The second-order valence-electron chi connectivity index (χ2n) is 5.89. The third-order valence-corrected chi connectivity index (χ3v) is 4.26. The van der Waals surface area contributed by atoms with Crippen LogP contribution in [-0.4, -0.2) is 30.2 Å².